The quantitative estimate of drug-likeness (QED) is 0.858. The van der Waals surface area contributed by atoms with Gasteiger partial charge in [-0.25, -0.2) is 9.18 Å². The number of hydrogen-bond acceptors (Lipinski definition) is 3. The highest BCUT2D eigenvalue weighted by Crippen LogP contribution is 2.20. The van der Waals surface area contributed by atoms with Gasteiger partial charge in [-0.3, -0.25) is 9.59 Å². The molecule has 0 aromatic heterocycles. The smallest absolute Gasteiger partial charge is 0.335 e. The van der Waals surface area contributed by atoms with Crippen LogP contribution in [0.1, 0.15) is 36.2 Å². The summed E-state index contributed by atoms with van der Waals surface area (Å²) < 4.78 is 13.7. The van der Waals surface area contributed by atoms with E-state index in [-0.39, 0.29) is 41.9 Å². The van der Waals surface area contributed by atoms with Gasteiger partial charge in [0.15, 0.2) is 0 Å². The molecule has 2 rings (SSSR count). The zero-order valence-electron chi connectivity index (χ0n) is 13.0. The third kappa shape index (κ3) is 3.85. The summed E-state index contributed by atoms with van der Waals surface area (Å²) in [6, 6.07) is 3.45. The zero-order chi connectivity index (χ0) is 17.1. The maximum atomic E-state index is 13.7. The fraction of sp³-hybridized carbons (Fsp3) is 0.438. The second-order valence-electron chi connectivity index (χ2n) is 5.87. The van der Waals surface area contributed by atoms with Crippen LogP contribution in [0.15, 0.2) is 18.2 Å². The highest BCUT2D eigenvalue weighted by Gasteiger charge is 2.35. The third-order valence-electron chi connectivity index (χ3n) is 3.90. The summed E-state index contributed by atoms with van der Waals surface area (Å²) >= 11 is 0. The minimum Gasteiger partial charge on any atom is -0.478 e. The van der Waals surface area contributed by atoms with Gasteiger partial charge < -0.3 is 15.3 Å². The normalized spacial score (nSPS) is 17.7. The van der Waals surface area contributed by atoms with Crippen LogP contribution in [0.4, 0.5) is 4.39 Å². The summed E-state index contributed by atoms with van der Waals surface area (Å²) in [5.41, 5.74) is 0.0564. The number of carbonyl (C=O) groups is 3. The van der Waals surface area contributed by atoms with Gasteiger partial charge in [0.1, 0.15) is 5.82 Å². The molecule has 1 aromatic rings. The Labute approximate surface area is 133 Å². The monoisotopic (exact) mass is 322 g/mol. The molecule has 6 nitrogen and oxygen atoms in total. The number of halogens is 1. The molecule has 1 aliphatic heterocycles. The van der Waals surface area contributed by atoms with E-state index < -0.39 is 17.7 Å². The van der Waals surface area contributed by atoms with Crippen LogP contribution in [0.2, 0.25) is 0 Å². The van der Waals surface area contributed by atoms with Crippen LogP contribution < -0.4 is 5.32 Å². The molecule has 23 heavy (non-hydrogen) atoms. The Balaban J connectivity index is 1.99. The van der Waals surface area contributed by atoms with E-state index in [1.807, 2.05) is 13.8 Å². The molecule has 0 aliphatic carbocycles. The number of carboxylic acid groups (broad SMARTS) is 1. The Kier molecular flexibility index (Phi) is 4.98. The number of aromatic carboxylic acids is 1. The van der Waals surface area contributed by atoms with Crippen molar-refractivity contribution in [3.8, 4) is 0 Å². The second-order valence-corrected chi connectivity index (χ2v) is 5.87. The van der Waals surface area contributed by atoms with Crippen molar-refractivity contribution in [1.82, 2.24) is 10.2 Å². The summed E-state index contributed by atoms with van der Waals surface area (Å²) in [4.78, 5) is 36.5. The third-order valence-corrected chi connectivity index (χ3v) is 3.90. The first-order chi connectivity index (χ1) is 10.8. The van der Waals surface area contributed by atoms with E-state index in [0.29, 0.717) is 6.54 Å². The molecule has 1 atom stereocenters. The van der Waals surface area contributed by atoms with Gasteiger partial charge in [0.05, 0.1) is 11.5 Å². The van der Waals surface area contributed by atoms with Gasteiger partial charge in [-0.2, -0.15) is 0 Å². The molecule has 1 saturated heterocycles. The number of carboxylic acids is 1. The van der Waals surface area contributed by atoms with Crippen molar-refractivity contribution >= 4 is 17.8 Å². The molecule has 0 saturated carbocycles. The van der Waals surface area contributed by atoms with Gasteiger partial charge in [-0.1, -0.05) is 0 Å². The predicted octanol–water partition coefficient (Wildman–Crippen LogP) is 1.40. The van der Waals surface area contributed by atoms with E-state index in [0.717, 1.165) is 6.07 Å². The number of benzene rings is 1. The van der Waals surface area contributed by atoms with Crippen molar-refractivity contribution in [2.75, 3.05) is 6.54 Å². The SMILES string of the molecule is CC(C)N1CC(C(=O)NCc2cc(C(=O)O)ccc2F)CC1=O. The molecule has 0 radical (unpaired) electrons. The fourth-order valence-corrected chi connectivity index (χ4v) is 2.58. The summed E-state index contributed by atoms with van der Waals surface area (Å²) in [6.07, 6.45) is 0.141. The van der Waals surface area contributed by atoms with E-state index >= 15 is 0 Å². The van der Waals surface area contributed by atoms with Gasteiger partial charge in [0, 0.05) is 31.1 Å². The first-order valence-corrected chi connectivity index (χ1v) is 7.38. The number of hydrogen-bond donors (Lipinski definition) is 2. The molecular weight excluding hydrogens is 303 g/mol. The van der Waals surface area contributed by atoms with Gasteiger partial charge >= 0.3 is 5.97 Å². The lowest BCUT2D eigenvalue weighted by molar-refractivity contribution is -0.130. The maximum absolute atomic E-state index is 13.7. The highest BCUT2D eigenvalue weighted by molar-refractivity contribution is 5.89. The molecule has 1 aromatic carbocycles. The van der Waals surface area contributed by atoms with Gasteiger partial charge in [0.2, 0.25) is 11.8 Å². The molecule has 2 amide bonds. The Morgan fingerprint density at radius 3 is 2.70 bits per heavy atom. The van der Waals surface area contributed by atoms with Gasteiger partial charge in [-0.15, -0.1) is 0 Å². The summed E-state index contributed by atoms with van der Waals surface area (Å²) in [6.45, 7) is 3.99. The van der Waals surface area contributed by atoms with Gasteiger partial charge in [0.25, 0.3) is 0 Å². The Hall–Kier alpha value is -2.44. The largest absolute Gasteiger partial charge is 0.478 e. The molecule has 1 fully saturated rings. The summed E-state index contributed by atoms with van der Waals surface area (Å²) in [5.74, 6) is -2.61. The summed E-state index contributed by atoms with van der Waals surface area (Å²) in [7, 11) is 0. The van der Waals surface area contributed by atoms with Crippen LogP contribution in [0.3, 0.4) is 0 Å². The van der Waals surface area contributed by atoms with Crippen molar-refractivity contribution in [2.24, 2.45) is 5.92 Å². The molecule has 124 valence electrons. The van der Waals surface area contributed by atoms with Crippen LogP contribution in [-0.4, -0.2) is 40.4 Å². The van der Waals surface area contributed by atoms with Crippen LogP contribution in [0.25, 0.3) is 0 Å². The molecule has 1 heterocycles. The van der Waals surface area contributed by atoms with Crippen molar-refractivity contribution in [2.45, 2.75) is 32.9 Å². The van der Waals surface area contributed by atoms with E-state index in [1.165, 1.54) is 12.1 Å². The van der Waals surface area contributed by atoms with E-state index in [1.54, 1.807) is 4.90 Å². The van der Waals surface area contributed by atoms with Crippen LogP contribution in [-0.2, 0) is 16.1 Å². The fourth-order valence-electron chi connectivity index (χ4n) is 2.58. The molecule has 0 spiro atoms. The van der Waals surface area contributed by atoms with E-state index in [2.05, 4.69) is 5.32 Å². The first kappa shape index (κ1) is 16.9. The molecule has 2 N–H and O–H groups in total. The van der Waals surface area contributed by atoms with E-state index in [4.69, 9.17) is 5.11 Å². The second kappa shape index (κ2) is 6.76. The van der Waals surface area contributed by atoms with Crippen molar-refractivity contribution in [3.05, 3.63) is 35.1 Å². The highest BCUT2D eigenvalue weighted by atomic mass is 19.1. The number of amides is 2. The van der Waals surface area contributed by atoms with Crippen molar-refractivity contribution < 1.29 is 23.9 Å². The number of nitrogens with zero attached hydrogens (tertiary/aromatic N) is 1. The lowest BCUT2D eigenvalue weighted by atomic mass is 10.1. The lowest BCUT2D eigenvalue weighted by Gasteiger charge is -2.20. The van der Waals surface area contributed by atoms with Crippen LogP contribution in [0.5, 0.6) is 0 Å². The number of carbonyl (C=O) groups excluding carboxylic acids is 2. The number of rotatable bonds is 5. The predicted molar refractivity (Wildman–Crippen MR) is 80.2 cm³/mol. The molecule has 7 heteroatoms. The zero-order valence-corrected chi connectivity index (χ0v) is 13.0. The average molecular weight is 322 g/mol. The Morgan fingerprint density at radius 2 is 2.13 bits per heavy atom. The lowest BCUT2D eigenvalue weighted by Crippen LogP contribution is -2.35. The van der Waals surface area contributed by atoms with E-state index in [9.17, 15) is 18.8 Å². The molecule has 1 aliphatic rings. The topological polar surface area (TPSA) is 86.7 Å². The van der Waals surface area contributed by atoms with Crippen LogP contribution in [0, 0.1) is 11.7 Å². The number of likely N-dealkylation sites (tertiary alicyclic amines) is 1. The van der Waals surface area contributed by atoms with Crippen LogP contribution >= 0.6 is 0 Å². The standard InChI is InChI=1S/C16H19FN2O4/c1-9(2)19-8-12(6-14(19)20)15(21)18-7-11-5-10(16(22)23)3-4-13(11)17/h3-5,9,12H,6-8H2,1-2H3,(H,18,21)(H,22,23). The van der Waals surface area contributed by atoms with Crippen molar-refractivity contribution in [3.63, 3.8) is 0 Å². The minimum atomic E-state index is -1.16. The average Bonchev–Trinajstić information content (AvgIpc) is 2.88. The molecular formula is C16H19FN2O4. The molecule has 1 unspecified atom stereocenters. The Morgan fingerprint density at radius 1 is 1.43 bits per heavy atom. The Bertz CT molecular complexity index is 645. The van der Waals surface area contributed by atoms with Crippen molar-refractivity contribution in [1.29, 1.82) is 0 Å². The first-order valence-electron chi connectivity index (χ1n) is 7.38. The minimum absolute atomic E-state index is 0.0324. The molecule has 0 bridgehead atoms. The summed E-state index contributed by atoms with van der Waals surface area (Å²) in [5, 5.41) is 11.5. The number of nitrogens with one attached hydrogen (secondary N) is 1. The maximum Gasteiger partial charge on any atom is 0.335 e. The van der Waals surface area contributed by atoms with Gasteiger partial charge in [-0.05, 0) is 32.0 Å².